The van der Waals surface area contributed by atoms with E-state index in [1.807, 2.05) is 0 Å². The topological polar surface area (TPSA) is 27.7 Å². The first kappa shape index (κ1) is 27.9. The summed E-state index contributed by atoms with van der Waals surface area (Å²) in [6.07, 6.45) is -5.86. The van der Waals surface area contributed by atoms with Gasteiger partial charge in [-0.2, -0.15) is 22.0 Å². The first-order chi connectivity index (χ1) is 16.9. The summed E-state index contributed by atoms with van der Waals surface area (Å²) in [4.78, 5) is 0. The first-order valence-corrected chi connectivity index (χ1v) is 11.5. The van der Waals surface area contributed by atoms with Crippen molar-refractivity contribution in [2.75, 3.05) is 6.61 Å². The molecule has 0 aromatic heterocycles. The summed E-state index contributed by atoms with van der Waals surface area (Å²) >= 11 is 0. The molecule has 3 rings (SSSR count). The Morgan fingerprint density at radius 3 is 2.19 bits per heavy atom. The number of benzene rings is 1. The molecule has 0 saturated carbocycles. The SMILES string of the molecule is CCOc1ccc(C(F)(F)OC2=CCC(C(F)(F)OC3=CCC(/C=C/C(F)F)CC3)CC2)c(F)c1F. The highest BCUT2D eigenvalue weighted by molar-refractivity contribution is 5.33. The number of allylic oxidation sites excluding steroid dienone is 6. The molecule has 3 nitrogen and oxygen atoms in total. The van der Waals surface area contributed by atoms with Crippen LogP contribution >= 0.6 is 0 Å². The number of ether oxygens (including phenoxy) is 3. The highest BCUT2D eigenvalue weighted by Crippen LogP contribution is 2.43. The van der Waals surface area contributed by atoms with E-state index in [1.54, 1.807) is 0 Å². The van der Waals surface area contributed by atoms with Crippen LogP contribution in [0.15, 0.2) is 48.0 Å². The quantitative estimate of drug-likeness (QED) is 0.227. The fourth-order valence-corrected chi connectivity index (χ4v) is 4.05. The Kier molecular flexibility index (Phi) is 8.94. The van der Waals surface area contributed by atoms with Gasteiger partial charge in [-0.05, 0) is 68.9 Å². The largest absolute Gasteiger partial charge is 0.491 e. The Bertz CT molecular complexity index is 1000. The Morgan fingerprint density at radius 2 is 1.61 bits per heavy atom. The molecule has 36 heavy (non-hydrogen) atoms. The van der Waals surface area contributed by atoms with Gasteiger partial charge in [0.2, 0.25) is 5.82 Å². The monoisotopic (exact) mass is 526 g/mol. The van der Waals surface area contributed by atoms with E-state index in [-0.39, 0.29) is 56.1 Å². The van der Waals surface area contributed by atoms with Gasteiger partial charge < -0.3 is 14.2 Å². The molecule has 0 heterocycles. The number of rotatable bonds is 10. The third kappa shape index (κ3) is 6.94. The van der Waals surface area contributed by atoms with Crippen molar-refractivity contribution in [3.8, 4) is 5.75 Å². The maximum absolute atomic E-state index is 14.7. The molecule has 1 aromatic carbocycles. The van der Waals surface area contributed by atoms with Crippen LogP contribution in [-0.4, -0.2) is 19.1 Å². The second kappa shape index (κ2) is 11.6. The van der Waals surface area contributed by atoms with Crippen molar-refractivity contribution in [2.45, 2.75) is 64.1 Å². The smallest absolute Gasteiger partial charge is 0.429 e. The van der Waals surface area contributed by atoms with E-state index in [4.69, 9.17) is 9.47 Å². The summed E-state index contributed by atoms with van der Waals surface area (Å²) in [5.74, 6) is -5.72. The van der Waals surface area contributed by atoms with Crippen LogP contribution < -0.4 is 4.74 Å². The lowest BCUT2D eigenvalue weighted by Crippen LogP contribution is -2.33. The number of hydrogen-bond acceptors (Lipinski definition) is 3. The highest BCUT2D eigenvalue weighted by Gasteiger charge is 2.45. The fraction of sp³-hybridized carbons (Fsp3) is 0.520. The highest BCUT2D eigenvalue weighted by atomic mass is 19.3. The van der Waals surface area contributed by atoms with Crippen molar-refractivity contribution < 1.29 is 49.3 Å². The molecule has 0 N–H and O–H groups in total. The Labute approximate surface area is 203 Å². The molecule has 0 aliphatic heterocycles. The van der Waals surface area contributed by atoms with E-state index in [0.717, 1.165) is 18.2 Å². The molecule has 1 aromatic rings. The van der Waals surface area contributed by atoms with E-state index in [2.05, 4.69) is 4.74 Å². The van der Waals surface area contributed by atoms with Gasteiger partial charge in [0.15, 0.2) is 11.6 Å². The summed E-state index contributed by atoms with van der Waals surface area (Å²) < 4.78 is 125. The zero-order valence-electron chi connectivity index (χ0n) is 19.4. The summed E-state index contributed by atoms with van der Waals surface area (Å²) in [5.41, 5.74) is -1.34. The maximum Gasteiger partial charge on any atom is 0.429 e. The predicted molar refractivity (Wildman–Crippen MR) is 115 cm³/mol. The van der Waals surface area contributed by atoms with E-state index < -0.39 is 47.5 Å². The number of alkyl halides is 6. The number of hydrogen-bond donors (Lipinski definition) is 0. The van der Waals surface area contributed by atoms with E-state index in [0.29, 0.717) is 12.5 Å². The molecular formula is C25H26F8O3. The van der Waals surface area contributed by atoms with Gasteiger partial charge in [-0.1, -0.05) is 6.08 Å². The number of halogens is 8. The zero-order chi connectivity index (χ0) is 26.5. The Morgan fingerprint density at radius 1 is 0.944 bits per heavy atom. The molecule has 0 radical (unpaired) electrons. The van der Waals surface area contributed by atoms with Crippen LogP contribution in [-0.2, 0) is 15.6 Å². The van der Waals surface area contributed by atoms with Gasteiger partial charge in [-0.25, -0.2) is 13.2 Å². The van der Waals surface area contributed by atoms with E-state index in [9.17, 15) is 35.1 Å². The van der Waals surface area contributed by atoms with Gasteiger partial charge in [0.25, 0.3) is 6.43 Å². The molecule has 200 valence electrons. The lowest BCUT2D eigenvalue weighted by atomic mass is 9.91. The lowest BCUT2D eigenvalue weighted by Gasteiger charge is -2.32. The van der Waals surface area contributed by atoms with Crippen molar-refractivity contribution in [3.05, 3.63) is 65.2 Å². The lowest BCUT2D eigenvalue weighted by molar-refractivity contribution is -0.256. The molecule has 0 bridgehead atoms. The van der Waals surface area contributed by atoms with Crippen molar-refractivity contribution in [1.29, 1.82) is 0 Å². The van der Waals surface area contributed by atoms with Gasteiger partial charge in [0.05, 0.1) is 24.0 Å². The predicted octanol–water partition coefficient (Wildman–Crippen LogP) is 8.23. The summed E-state index contributed by atoms with van der Waals surface area (Å²) in [6.45, 7) is 1.51. The molecular weight excluding hydrogens is 500 g/mol. The van der Waals surface area contributed by atoms with E-state index in [1.165, 1.54) is 19.1 Å². The van der Waals surface area contributed by atoms with Crippen LogP contribution in [0, 0.1) is 23.5 Å². The third-order valence-electron chi connectivity index (χ3n) is 5.97. The van der Waals surface area contributed by atoms with Gasteiger partial charge in [-0.15, -0.1) is 0 Å². The van der Waals surface area contributed by atoms with Gasteiger partial charge in [0, 0.05) is 12.8 Å². The van der Waals surface area contributed by atoms with Crippen LogP contribution in [0.3, 0.4) is 0 Å². The van der Waals surface area contributed by atoms with Gasteiger partial charge >= 0.3 is 12.2 Å². The Balaban J connectivity index is 1.60. The summed E-state index contributed by atoms with van der Waals surface area (Å²) in [6, 6.07) is 1.50. The van der Waals surface area contributed by atoms with Crippen LogP contribution in [0.4, 0.5) is 35.1 Å². The average Bonchev–Trinajstić information content (AvgIpc) is 2.81. The van der Waals surface area contributed by atoms with Crippen molar-refractivity contribution in [1.82, 2.24) is 0 Å². The summed E-state index contributed by atoms with van der Waals surface area (Å²) in [5, 5.41) is 0. The minimum Gasteiger partial charge on any atom is -0.491 e. The standard InChI is InChI=1S/C25H26F8O3/c1-2-34-20-13-12-19(22(28)23(20)29)25(32,33)36-18-10-6-16(7-11-18)24(30,31)35-17-8-3-15(4-9-17)5-14-21(26)27/h5,8,10,12-16,21H,2-4,6-7,9,11H2,1H3/b14-5+. The molecule has 2 unspecified atom stereocenters. The minimum atomic E-state index is -4.24. The van der Waals surface area contributed by atoms with Crippen LogP contribution in [0.1, 0.15) is 51.0 Å². The van der Waals surface area contributed by atoms with Crippen LogP contribution in [0.25, 0.3) is 0 Å². The van der Waals surface area contributed by atoms with Crippen LogP contribution in [0.2, 0.25) is 0 Å². The van der Waals surface area contributed by atoms with Gasteiger partial charge in [-0.3, -0.25) is 0 Å². The van der Waals surface area contributed by atoms with Gasteiger partial charge in [0.1, 0.15) is 5.56 Å². The zero-order valence-corrected chi connectivity index (χ0v) is 19.4. The van der Waals surface area contributed by atoms with Crippen molar-refractivity contribution >= 4 is 0 Å². The van der Waals surface area contributed by atoms with E-state index >= 15 is 0 Å². The first-order valence-electron chi connectivity index (χ1n) is 11.5. The molecule has 2 atom stereocenters. The maximum atomic E-state index is 14.7. The summed E-state index contributed by atoms with van der Waals surface area (Å²) in [7, 11) is 0. The average molecular weight is 526 g/mol. The second-order valence-corrected chi connectivity index (χ2v) is 8.52. The van der Waals surface area contributed by atoms with Crippen molar-refractivity contribution in [2.24, 2.45) is 11.8 Å². The minimum absolute atomic E-state index is 0.00144. The van der Waals surface area contributed by atoms with Crippen molar-refractivity contribution in [3.63, 3.8) is 0 Å². The molecule has 0 fully saturated rings. The second-order valence-electron chi connectivity index (χ2n) is 8.52. The molecule has 0 spiro atoms. The normalized spacial score (nSPS) is 21.4. The fourth-order valence-electron chi connectivity index (χ4n) is 4.05. The third-order valence-corrected chi connectivity index (χ3v) is 5.97. The molecule has 11 heteroatoms. The molecule has 0 saturated heterocycles. The molecule has 2 aliphatic rings. The molecule has 2 aliphatic carbocycles. The van der Waals surface area contributed by atoms with Crippen LogP contribution in [0.5, 0.6) is 5.75 Å². The Hall–Kier alpha value is -2.72. The molecule has 0 amide bonds.